The summed E-state index contributed by atoms with van der Waals surface area (Å²) in [5.74, 6) is 0.792. The summed E-state index contributed by atoms with van der Waals surface area (Å²) in [5, 5.41) is 15.9. The number of aryl methyl sites for hydroxylation is 1. The Hall–Kier alpha value is -3.22. The van der Waals surface area contributed by atoms with E-state index in [9.17, 15) is 4.79 Å². The minimum atomic E-state index is -0.125. The maximum atomic E-state index is 12.7. The first-order valence-corrected chi connectivity index (χ1v) is 9.59. The van der Waals surface area contributed by atoms with E-state index in [0.29, 0.717) is 5.56 Å². The molecule has 0 bridgehead atoms. The number of nitrogens with one attached hydrogen (secondary N) is 1. The summed E-state index contributed by atoms with van der Waals surface area (Å²) in [5.41, 5.74) is 3.20. The first-order chi connectivity index (χ1) is 13.6. The molecule has 3 heterocycles. The second-order valence-corrected chi connectivity index (χ2v) is 7.19. The van der Waals surface area contributed by atoms with E-state index >= 15 is 0 Å². The number of carbonyl (C=O) groups excluding carboxylic acids is 1. The molecule has 0 spiro atoms. The molecule has 1 atom stereocenters. The SMILES string of the molecule is CC(NC(=O)c1cccc(-c2ccc(N3CCCC3)nn2)c1)c1cnn(C)c1. The fraction of sp³-hybridized carbons (Fsp3) is 0.333. The van der Waals surface area contributed by atoms with Crippen molar-refractivity contribution < 1.29 is 4.79 Å². The predicted octanol–water partition coefficient (Wildman–Crippen LogP) is 2.97. The molecule has 1 aliphatic rings. The smallest absolute Gasteiger partial charge is 0.251 e. The van der Waals surface area contributed by atoms with Gasteiger partial charge in [0.2, 0.25) is 0 Å². The van der Waals surface area contributed by atoms with Crippen molar-refractivity contribution in [3.8, 4) is 11.3 Å². The Labute approximate surface area is 164 Å². The van der Waals surface area contributed by atoms with Gasteiger partial charge in [0.05, 0.1) is 17.9 Å². The van der Waals surface area contributed by atoms with E-state index < -0.39 is 0 Å². The molecule has 144 valence electrons. The van der Waals surface area contributed by atoms with Crippen LogP contribution in [-0.2, 0) is 7.05 Å². The van der Waals surface area contributed by atoms with Crippen molar-refractivity contribution in [2.75, 3.05) is 18.0 Å². The van der Waals surface area contributed by atoms with Crippen LogP contribution in [0.5, 0.6) is 0 Å². The summed E-state index contributed by atoms with van der Waals surface area (Å²) in [6, 6.07) is 11.3. The third-order valence-electron chi connectivity index (χ3n) is 5.07. The molecular weight excluding hydrogens is 352 g/mol. The van der Waals surface area contributed by atoms with Gasteiger partial charge in [-0.05, 0) is 44.0 Å². The maximum Gasteiger partial charge on any atom is 0.251 e. The summed E-state index contributed by atoms with van der Waals surface area (Å²) in [7, 11) is 1.86. The molecule has 2 aromatic heterocycles. The van der Waals surface area contributed by atoms with Gasteiger partial charge < -0.3 is 10.2 Å². The monoisotopic (exact) mass is 376 g/mol. The van der Waals surface area contributed by atoms with Crippen LogP contribution in [0.25, 0.3) is 11.3 Å². The van der Waals surface area contributed by atoms with Crippen molar-refractivity contribution >= 4 is 11.7 Å². The number of benzene rings is 1. The molecule has 1 aromatic carbocycles. The van der Waals surface area contributed by atoms with E-state index in [1.54, 1.807) is 16.9 Å². The first kappa shape index (κ1) is 18.2. The normalized spacial score (nSPS) is 14.9. The van der Waals surface area contributed by atoms with E-state index in [1.165, 1.54) is 12.8 Å². The van der Waals surface area contributed by atoms with Crippen molar-refractivity contribution in [3.63, 3.8) is 0 Å². The highest BCUT2D eigenvalue weighted by atomic mass is 16.1. The maximum absolute atomic E-state index is 12.7. The molecule has 3 aromatic rings. The van der Waals surface area contributed by atoms with E-state index in [0.717, 1.165) is 35.7 Å². The van der Waals surface area contributed by atoms with Gasteiger partial charge in [-0.25, -0.2) is 0 Å². The molecule has 0 radical (unpaired) electrons. The van der Waals surface area contributed by atoms with E-state index in [2.05, 4.69) is 25.5 Å². The molecular formula is C21H24N6O. The lowest BCUT2D eigenvalue weighted by atomic mass is 10.1. The van der Waals surface area contributed by atoms with Crippen LogP contribution in [-0.4, -0.2) is 39.0 Å². The quantitative estimate of drug-likeness (QED) is 0.741. The third kappa shape index (κ3) is 3.88. The molecule has 1 unspecified atom stereocenters. The average molecular weight is 376 g/mol. The van der Waals surface area contributed by atoms with Crippen LogP contribution < -0.4 is 10.2 Å². The minimum absolute atomic E-state index is 0.121. The Kier molecular flexibility index (Phi) is 5.06. The molecule has 7 nitrogen and oxygen atoms in total. The highest BCUT2D eigenvalue weighted by molar-refractivity contribution is 5.95. The number of amides is 1. The van der Waals surface area contributed by atoms with Crippen LogP contribution in [0, 0.1) is 0 Å². The van der Waals surface area contributed by atoms with Gasteiger partial charge in [0.1, 0.15) is 0 Å². The summed E-state index contributed by atoms with van der Waals surface area (Å²) in [6.45, 7) is 4.03. The van der Waals surface area contributed by atoms with Gasteiger partial charge in [0, 0.05) is 43.0 Å². The predicted molar refractivity (Wildman–Crippen MR) is 108 cm³/mol. The number of hydrogen-bond acceptors (Lipinski definition) is 5. The zero-order chi connectivity index (χ0) is 19.5. The van der Waals surface area contributed by atoms with Crippen LogP contribution in [0.15, 0.2) is 48.8 Å². The van der Waals surface area contributed by atoms with Gasteiger partial charge in [-0.15, -0.1) is 10.2 Å². The molecule has 1 saturated heterocycles. The number of hydrogen-bond donors (Lipinski definition) is 1. The Morgan fingerprint density at radius 1 is 1.14 bits per heavy atom. The lowest BCUT2D eigenvalue weighted by Gasteiger charge is -2.15. The molecule has 1 aliphatic heterocycles. The van der Waals surface area contributed by atoms with Crippen molar-refractivity contribution in [2.24, 2.45) is 7.05 Å². The van der Waals surface area contributed by atoms with Gasteiger partial charge >= 0.3 is 0 Å². The molecule has 1 fully saturated rings. The molecule has 7 heteroatoms. The summed E-state index contributed by atoms with van der Waals surface area (Å²) < 4.78 is 1.73. The standard InChI is InChI=1S/C21H24N6O/c1-15(18-13-22-26(2)14-18)23-21(28)17-7-5-6-16(12-17)19-8-9-20(25-24-19)27-10-3-4-11-27/h5-9,12-15H,3-4,10-11H2,1-2H3,(H,23,28). The van der Waals surface area contributed by atoms with Gasteiger partial charge in [-0.1, -0.05) is 12.1 Å². The second kappa shape index (κ2) is 7.80. The highest BCUT2D eigenvalue weighted by Gasteiger charge is 2.15. The second-order valence-electron chi connectivity index (χ2n) is 7.19. The molecule has 1 N–H and O–H groups in total. The number of anilines is 1. The van der Waals surface area contributed by atoms with Crippen LogP contribution in [0.1, 0.15) is 41.7 Å². The minimum Gasteiger partial charge on any atom is -0.355 e. The summed E-state index contributed by atoms with van der Waals surface area (Å²) in [4.78, 5) is 14.9. The Morgan fingerprint density at radius 2 is 1.96 bits per heavy atom. The van der Waals surface area contributed by atoms with E-state index in [1.807, 2.05) is 50.5 Å². The number of nitrogens with zero attached hydrogens (tertiary/aromatic N) is 5. The number of rotatable bonds is 5. The Morgan fingerprint density at radius 3 is 2.64 bits per heavy atom. The van der Waals surface area contributed by atoms with E-state index in [-0.39, 0.29) is 11.9 Å². The fourth-order valence-corrected chi connectivity index (χ4v) is 3.44. The number of carbonyl (C=O) groups is 1. The molecule has 1 amide bonds. The zero-order valence-corrected chi connectivity index (χ0v) is 16.2. The van der Waals surface area contributed by atoms with Crippen LogP contribution in [0.4, 0.5) is 5.82 Å². The van der Waals surface area contributed by atoms with Crippen LogP contribution in [0.2, 0.25) is 0 Å². The summed E-state index contributed by atoms with van der Waals surface area (Å²) >= 11 is 0. The van der Waals surface area contributed by atoms with Gasteiger partial charge in [0.15, 0.2) is 5.82 Å². The average Bonchev–Trinajstić information content (AvgIpc) is 3.40. The van der Waals surface area contributed by atoms with Gasteiger partial charge in [-0.2, -0.15) is 5.10 Å². The van der Waals surface area contributed by atoms with Crippen molar-refractivity contribution in [3.05, 3.63) is 59.9 Å². The number of aromatic nitrogens is 4. The van der Waals surface area contributed by atoms with E-state index in [4.69, 9.17) is 0 Å². The molecule has 0 saturated carbocycles. The summed E-state index contributed by atoms with van der Waals surface area (Å²) in [6.07, 6.45) is 6.08. The Bertz CT molecular complexity index is 959. The fourth-order valence-electron chi connectivity index (χ4n) is 3.44. The topological polar surface area (TPSA) is 75.9 Å². The lowest BCUT2D eigenvalue weighted by molar-refractivity contribution is 0.0940. The Balaban J connectivity index is 1.48. The first-order valence-electron chi connectivity index (χ1n) is 9.59. The zero-order valence-electron chi connectivity index (χ0n) is 16.2. The lowest BCUT2D eigenvalue weighted by Crippen LogP contribution is -2.26. The van der Waals surface area contributed by atoms with Crippen molar-refractivity contribution in [1.29, 1.82) is 0 Å². The third-order valence-corrected chi connectivity index (χ3v) is 5.07. The van der Waals surface area contributed by atoms with Crippen LogP contribution in [0.3, 0.4) is 0 Å². The molecule has 0 aliphatic carbocycles. The van der Waals surface area contributed by atoms with Gasteiger partial charge in [0.25, 0.3) is 5.91 Å². The molecule has 28 heavy (non-hydrogen) atoms. The van der Waals surface area contributed by atoms with Crippen LogP contribution >= 0.6 is 0 Å². The van der Waals surface area contributed by atoms with Gasteiger partial charge in [-0.3, -0.25) is 9.48 Å². The highest BCUT2D eigenvalue weighted by Crippen LogP contribution is 2.22. The van der Waals surface area contributed by atoms with Crippen molar-refractivity contribution in [1.82, 2.24) is 25.3 Å². The largest absolute Gasteiger partial charge is 0.355 e. The molecule has 4 rings (SSSR count). The van der Waals surface area contributed by atoms with Crippen molar-refractivity contribution in [2.45, 2.75) is 25.8 Å².